The highest BCUT2D eigenvalue weighted by molar-refractivity contribution is 8.01. The van der Waals surface area contributed by atoms with Crippen molar-refractivity contribution in [3.8, 4) is 0 Å². The molecule has 16 heavy (non-hydrogen) atoms. The van der Waals surface area contributed by atoms with Crippen LogP contribution in [0.5, 0.6) is 0 Å². The van der Waals surface area contributed by atoms with Crippen molar-refractivity contribution in [2.75, 3.05) is 6.61 Å². The van der Waals surface area contributed by atoms with E-state index < -0.39 is 0 Å². The number of hydrogen-bond donors (Lipinski definition) is 1. The molecule has 0 saturated carbocycles. The quantitative estimate of drug-likeness (QED) is 0.825. The molecule has 0 heterocycles. The summed E-state index contributed by atoms with van der Waals surface area (Å²) in [6.45, 7) is 3.84. The Morgan fingerprint density at radius 3 is 2.44 bits per heavy atom. The van der Waals surface area contributed by atoms with Crippen LogP contribution in [-0.4, -0.2) is 28.0 Å². The Balaban J connectivity index is 2.67. The Kier molecular flexibility index (Phi) is 5.32. The number of carbonyl (C=O) groups excluding carboxylic acids is 1. The number of Topliss-reactive ketones (excluding diaryl/α,β-unsaturated/α-hetero) is 1. The minimum absolute atomic E-state index is 0.0713. The second-order valence-electron chi connectivity index (χ2n) is 3.64. The molecular formula is C12H15ClO2S. The van der Waals surface area contributed by atoms with Gasteiger partial charge in [-0.05, 0) is 31.2 Å². The Labute approximate surface area is 105 Å². The summed E-state index contributed by atoms with van der Waals surface area (Å²) in [5, 5.41) is 9.47. The number of aliphatic hydroxyl groups is 1. The molecule has 4 heteroatoms. The van der Waals surface area contributed by atoms with Crippen LogP contribution >= 0.6 is 23.4 Å². The third kappa shape index (κ3) is 3.81. The van der Waals surface area contributed by atoms with Crippen LogP contribution < -0.4 is 0 Å². The molecule has 1 N–H and O–H groups in total. The van der Waals surface area contributed by atoms with Gasteiger partial charge in [-0.1, -0.05) is 18.5 Å². The first-order valence-corrected chi connectivity index (χ1v) is 6.42. The summed E-state index contributed by atoms with van der Waals surface area (Å²) in [6, 6.07) is 6.87. The van der Waals surface area contributed by atoms with Crippen molar-refractivity contribution in [2.45, 2.75) is 24.3 Å². The summed E-state index contributed by atoms with van der Waals surface area (Å²) in [5.41, 5.74) is 0.662. The van der Waals surface area contributed by atoms with Crippen molar-refractivity contribution in [1.29, 1.82) is 0 Å². The summed E-state index contributed by atoms with van der Waals surface area (Å²) < 4.78 is 0. The first kappa shape index (κ1) is 13.6. The maximum absolute atomic E-state index is 12.0. The zero-order valence-electron chi connectivity index (χ0n) is 9.31. The van der Waals surface area contributed by atoms with Gasteiger partial charge < -0.3 is 5.11 Å². The lowest BCUT2D eigenvalue weighted by Crippen LogP contribution is -2.18. The normalized spacial score (nSPS) is 14.5. The predicted octanol–water partition coefficient (Wildman–Crippen LogP) is 3.03. The standard InChI is InChI=1S/C12H15ClO2S/c1-8(7-14)16-9(2)12(15)10-3-5-11(13)6-4-10/h3-6,8-9,14H,7H2,1-2H3. The number of carbonyl (C=O) groups is 1. The fourth-order valence-corrected chi connectivity index (χ4v) is 2.47. The number of rotatable bonds is 5. The smallest absolute Gasteiger partial charge is 0.175 e. The second kappa shape index (κ2) is 6.28. The van der Waals surface area contributed by atoms with Crippen molar-refractivity contribution in [3.05, 3.63) is 34.9 Å². The molecule has 0 aliphatic heterocycles. The number of benzene rings is 1. The van der Waals surface area contributed by atoms with E-state index in [-0.39, 0.29) is 22.9 Å². The van der Waals surface area contributed by atoms with Crippen LogP contribution in [0.3, 0.4) is 0 Å². The Bertz CT molecular complexity index is 351. The van der Waals surface area contributed by atoms with E-state index in [1.54, 1.807) is 24.3 Å². The van der Waals surface area contributed by atoms with Crippen molar-refractivity contribution < 1.29 is 9.90 Å². The molecule has 1 aromatic rings. The van der Waals surface area contributed by atoms with Crippen LogP contribution in [-0.2, 0) is 0 Å². The number of thioether (sulfide) groups is 1. The van der Waals surface area contributed by atoms with Gasteiger partial charge >= 0.3 is 0 Å². The fourth-order valence-electron chi connectivity index (χ4n) is 1.30. The van der Waals surface area contributed by atoms with Gasteiger partial charge in [0.1, 0.15) is 0 Å². The average molecular weight is 259 g/mol. The Morgan fingerprint density at radius 2 is 1.94 bits per heavy atom. The lowest BCUT2D eigenvalue weighted by atomic mass is 10.1. The fraction of sp³-hybridized carbons (Fsp3) is 0.417. The number of aliphatic hydroxyl groups excluding tert-OH is 1. The van der Waals surface area contributed by atoms with Gasteiger partial charge in [-0.3, -0.25) is 4.79 Å². The number of hydrogen-bond acceptors (Lipinski definition) is 3. The molecule has 0 amide bonds. The van der Waals surface area contributed by atoms with Crippen molar-refractivity contribution in [1.82, 2.24) is 0 Å². The minimum atomic E-state index is -0.150. The van der Waals surface area contributed by atoms with Gasteiger partial charge in [0.2, 0.25) is 0 Å². The lowest BCUT2D eigenvalue weighted by molar-refractivity contribution is 0.0993. The zero-order valence-corrected chi connectivity index (χ0v) is 10.9. The van der Waals surface area contributed by atoms with Crippen LogP contribution in [0, 0.1) is 0 Å². The van der Waals surface area contributed by atoms with Crippen molar-refractivity contribution in [2.24, 2.45) is 0 Å². The molecule has 1 aromatic carbocycles. The van der Waals surface area contributed by atoms with Crippen molar-refractivity contribution in [3.63, 3.8) is 0 Å². The molecular weight excluding hydrogens is 244 g/mol. The monoisotopic (exact) mass is 258 g/mol. The molecule has 2 nitrogen and oxygen atoms in total. The maximum Gasteiger partial charge on any atom is 0.175 e. The molecule has 0 spiro atoms. The summed E-state index contributed by atoms with van der Waals surface area (Å²) in [4.78, 5) is 12.0. The summed E-state index contributed by atoms with van der Waals surface area (Å²) >= 11 is 7.23. The first-order valence-electron chi connectivity index (χ1n) is 5.10. The molecule has 0 aliphatic rings. The van der Waals surface area contributed by atoms with E-state index in [9.17, 15) is 4.79 Å². The number of halogens is 1. The van der Waals surface area contributed by atoms with E-state index in [4.69, 9.17) is 16.7 Å². The minimum Gasteiger partial charge on any atom is -0.395 e. The molecule has 0 fully saturated rings. The Hall–Kier alpha value is -0.510. The van der Waals surface area contributed by atoms with E-state index in [1.807, 2.05) is 13.8 Å². The molecule has 0 bridgehead atoms. The molecule has 2 unspecified atom stereocenters. The van der Waals surface area contributed by atoms with E-state index in [1.165, 1.54) is 11.8 Å². The molecule has 1 rings (SSSR count). The van der Waals surface area contributed by atoms with Gasteiger partial charge in [0, 0.05) is 15.8 Å². The van der Waals surface area contributed by atoms with Gasteiger partial charge in [-0.2, -0.15) is 0 Å². The zero-order chi connectivity index (χ0) is 12.1. The van der Waals surface area contributed by atoms with Gasteiger partial charge in [0.25, 0.3) is 0 Å². The maximum atomic E-state index is 12.0. The van der Waals surface area contributed by atoms with E-state index in [2.05, 4.69) is 0 Å². The third-order valence-corrected chi connectivity index (χ3v) is 3.68. The largest absolute Gasteiger partial charge is 0.395 e. The van der Waals surface area contributed by atoms with Crippen LogP contribution in [0.15, 0.2) is 24.3 Å². The lowest BCUT2D eigenvalue weighted by Gasteiger charge is -2.14. The van der Waals surface area contributed by atoms with Crippen molar-refractivity contribution >= 4 is 29.1 Å². The molecule has 2 atom stereocenters. The summed E-state index contributed by atoms with van der Waals surface area (Å²) in [6.07, 6.45) is 0. The molecule has 0 saturated heterocycles. The molecule has 0 aromatic heterocycles. The third-order valence-electron chi connectivity index (χ3n) is 2.19. The topological polar surface area (TPSA) is 37.3 Å². The SMILES string of the molecule is CC(CO)SC(C)C(=O)c1ccc(Cl)cc1. The molecule has 0 aliphatic carbocycles. The van der Waals surface area contributed by atoms with Crippen LogP contribution in [0.2, 0.25) is 5.02 Å². The highest BCUT2D eigenvalue weighted by Gasteiger charge is 2.17. The van der Waals surface area contributed by atoms with Gasteiger partial charge in [0.05, 0.1) is 11.9 Å². The van der Waals surface area contributed by atoms with Crippen LogP contribution in [0.25, 0.3) is 0 Å². The number of ketones is 1. The van der Waals surface area contributed by atoms with E-state index in [0.717, 1.165) is 0 Å². The highest BCUT2D eigenvalue weighted by atomic mass is 35.5. The van der Waals surface area contributed by atoms with Crippen LogP contribution in [0.4, 0.5) is 0 Å². The summed E-state index contributed by atoms with van der Waals surface area (Å²) in [7, 11) is 0. The Morgan fingerprint density at radius 1 is 1.38 bits per heavy atom. The van der Waals surface area contributed by atoms with Crippen LogP contribution in [0.1, 0.15) is 24.2 Å². The van der Waals surface area contributed by atoms with E-state index in [0.29, 0.717) is 10.6 Å². The average Bonchev–Trinajstić information content (AvgIpc) is 2.28. The summed E-state index contributed by atoms with van der Waals surface area (Å²) in [5.74, 6) is 0.0713. The van der Waals surface area contributed by atoms with E-state index >= 15 is 0 Å². The molecule has 88 valence electrons. The van der Waals surface area contributed by atoms with Gasteiger partial charge in [-0.25, -0.2) is 0 Å². The van der Waals surface area contributed by atoms with Gasteiger partial charge in [0.15, 0.2) is 5.78 Å². The second-order valence-corrected chi connectivity index (χ2v) is 5.86. The molecule has 0 radical (unpaired) electrons. The first-order chi connectivity index (χ1) is 7.54. The van der Waals surface area contributed by atoms with Gasteiger partial charge in [-0.15, -0.1) is 11.8 Å². The predicted molar refractivity (Wildman–Crippen MR) is 69.4 cm³/mol. The highest BCUT2D eigenvalue weighted by Crippen LogP contribution is 2.21.